The average molecular weight is 610 g/mol. The van der Waals surface area contributed by atoms with Gasteiger partial charge in [-0.15, -0.1) is 0 Å². The number of nitrogens with zero attached hydrogens (tertiary/aromatic N) is 10. The number of aryl methyl sites for hydroxylation is 1. The summed E-state index contributed by atoms with van der Waals surface area (Å²) in [5.74, 6) is 3.31. The number of pyridine rings is 2. The molecule has 0 radical (unpaired) electrons. The van der Waals surface area contributed by atoms with E-state index >= 15 is 0 Å². The number of nitrogens with two attached hydrogens (primary N) is 2. The van der Waals surface area contributed by atoms with Gasteiger partial charge >= 0.3 is 0 Å². The first-order chi connectivity index (χ1) is 21.8. The predicted molar refractivity (Wildman–Crippen MR) is 175 cm³/mol. The molecule has 0 bridgehead atoms. The number of fused-ring (bicyclic) bond motifs is 2. The van der Waals surface area contributed by atoms with Crippen LogP contribution in [0.2, 0.25) is 0 Å². The van der Waals surface area contributed by atoms with Crippen molar-refractivity contribution in [3.05, 3.63) is 54.4 Å². The molecular formula is C31H39N13O. The number of piperazine rings is 1. The molecule has 5 aromatic heterocycles. The Morgan fingerprint density at radius 3 is 2.00 bits per heavy atom. The molecule has 1 atom stereocenters. The van der Waals surface area contributed by atoms with Crippen LogP contribution < -0.4 is 21.3 Å². The molecule has 5 N–H and O–H groups in total. The summed E-state index contributed by atoms with van der Waals surface area (Å²) in [6, 6.07) is 7.81. The minimum Gasteiger partial charge on any atom is -0.382 e. The molecule has 2 aliphatic heterocycles. The van der Waals surface area contributed by atoms with Crippen molar-refractivity contribution < 1.29 is 4.79 Å². The smallest absolute Gasteiger partial charge is 0.225 e. The second-order valence-corrected chi connectivity index (χ2v) is 11.8. The lowest BCUT2D eigenvalue weighted by Gasteiger charge is -2.36. The number of aromatic nitrogens is 8. The summed E-state index contributed by atoms with van der Waals surface area (Å²) in [5.41, 5.74) is 17.1. The molecule has 5 aromatic rings. The molecule has 0 aromatic carbocycles. The van der Waals surface area contributed by atoms with Crippen LogP contribution in [0.5, 0.6) is 0 Å². The zero-order chi connectivity index (χ0) is 31.5. The fourth-order valence-corrected chi connectivity index (χ4v) is 5.96. The van der Waals surface area contributed by atoms with E-state index in [9.17, 15) is 4.79 Å². The van der Waals surface area contributed by atoms with Crippen molar-refractivity contribution in [2.24, 2.45) is 5.92 Å². The highest BCUT2D eigenvalue weighted by molar-refractivity contribution is 5.86. The van der Waals surface area contributed by atoms with E-state index in [1.165, 1.54) is 30.3 Å². The van der Waals surface area contributed by atoms with Crippen molar-refractivity contribution in [2.75, 3.05) is 60.5 Å². The fourth-order valence-electron chi connectivity index (χ4n) is 5.96. The molecule has 2 aliphatic rings. The zero-order valence-electron chi connectivity index (χ0n) is 25.9. The van der Waals surface area contributed by atoms with Crippen LogP contribution in [0.3, 0.4) is 0 Å². The highest BCUT2D eigenvalue weighted by Crippen LogP contribution is 2.30. The number of carbonyl (C=O) groups excluding carboxylic acids is 1. The van der Waals surface area contributed by atoms with Crippen molar-refractivity contribution in [1.29, 1.82) is 0 Å². The summed E-state index contributed by atoms with van der Waals surface area (Å²) in [5, 5.41) is 7.30. The van der Waals surface area contributed by atoms with Gasteiger partial charge in [-0.05, 0) is 49.6 Å². The normalized spacial score (nSPS) is 17.1. The quantitative estimate of drug-likeness (QED) is 0.271. The molecule has 1 unspecified atom stereocenters. The summed E-state index contributed by atoms with van der Waals surface area (Å²) in [4.78, 5) is 44.0. The van der Waals surface area contributed by atoms with E-state index < -0.39 is 0 Å². The number of rotatable bonds is 4. The van der Waals surface area contributed by atoms with Gasteiger partial charge in [0.1, 0.15) is 35.3 Å². The van der Waals surface area contributed by atoms with Gasteiger partial charge in [-0.3, -0.25) is 9.89 Å². The van der Waals surface area contributed by atoms with Crippen LogP contribution in [0.15, 0.2) is 43.1 Å². The lowest BCUT2D eigenvalue weighted by Crippen LogP contribution is -2.50. The van der Waals surface area contributed by atoms with Crippen LogP contribution in [-0.2, 0) is 4.79 Å². The van der Waals surface area contributed by atoms with Crippen molar-refractivity contribution in [1.82, 2.24) is 45.0 Å². The lowest BCUT2D eigenvalue weighted by atomic mass is 9.93. The summed E-state index contributed by atoms with van der Waals surface area (Å²) in [7, 11) is 0. The number of nitrogen functional groups attached to an aromatic ring is 2. The molecule has 0 saturated carbocycles. The summed E-state index contributed by atoms with van der Waals surface area (Å²) >= 11 is 0. The first-order valence-corrected chi connectivity index (χ1v) is 15.3. The van der Waals surface area contributed by atoms with Crippen LogP contribution in [0.4, 0.5) is 23.3 Å². The number of carbonyl (C=O) groups is 1. The number of hydrogen-bond donors (Lipinski definition) is 3. The van der Waals surface area contributed by atoms with Gasteiger partial charge in [0.25, 0.3) is 0 Å². The summed E-state index contributed by atoms with van der Waals surface area (Å²) in [6.45, 7) is 10.9. The summed E-state index contributed by atoms with van der Waals surface area (Å²) in [6.07, 6.45) is 7.09. The molecule has 2 saturated heterocycles. The number of amides is 1. The Morgan fingerprint density at radius 1 is 0.844 bits per heavy atom. The van der Waals surface area contributed by atoms with Crippen LogP contribution in [0, 0.1) is 12.8 Å². The SMILES string of the molecule is CC(C)C(=O)N1CCN(c2ccc3ncnc(N)c3n2)CC1.Cc1cn[nH]c1C1CCCN(c2ccc3ncnc(N)c3n2)C1. The van der Waals surface area contributed by atoms with Gasteiger partial charge in [-0.1, -0.05) is 13.8 Å². The second kappa shape index (κ2) is 12.8. The Kier molecular flexibility index (Phi) is 8.54. The van der Waals surface area contributed by atoms with E-state index in [4.69, 9.17) is 11.5 Å². The average Bonchev–Trinajstić information content (AvgIpc) is 3.50. The third-order valence-electron chi connectivity index (χ3n) is 8.42. The van der Waals surface area contributed by atoms with Gasteiger partial charge in [0.05, 0.1) is 17.2 Å². The van der Waals surface area contributed by atoms with E-state index in [2.05, 4.69) is 56.8 Å². The summed E-state index contributed by atoms with van der Waals surface area (Å²) < 4.78 is 0. The maximum Gasteiger partial charge on any atom is 0.225 e. The van der Waals surface area contributed by atoms with Gasteiger partial charge in [-0.25, -0.2) is 29.9 Å². The first kappa shape index (κ1) is 29.9. The molecule has 234 valence electrons. The van der Waals surface area contributed by atoms with E-state index in [1.807, 2.05) is 49.2 Å². The van der Waals surface area contributed by atoms with Crippen molar-refractivity contribution in [3.63, 3.8) is 0 Å². The molecular weight excluding hydrogens is 570 g/mol. The number of H-pyrrole nitrogens is 1. The number of piperidine rings is 1. The fraction of sp³-hybridized carbons (Fsp3) is 0.419. The van der Waals surface area contributed by atoms with Gasteiger partial charge in [-0.2, -0.15) is 5.10 Å². The van der Waals surface area contributed by atoms with Crippen molar-refractivity contribution >= 4 is 51.2 Å². The highest BCUT2D eigenvalue weighted by Gasteiger charge is 2.25. The van der Waals surface area contributed by atoms with Crippen molar-refractivity contribution in [3.8, 4) is 0 Å². The van der Waals surface area contributed by atoms with Crippen molar-refractivity contribution in [2.45, 2.75) is 39.5 Å². The minimum absolute atomic E-state index is 0.0438. The van der Waals surface area contributed by atoms with Crippen LogP contribution >= 0.6 is 0 Å². The maximum absolute atomic E-state index is 12.0. The molecule has 45 heavy (non-hydrogen) atoms. The van der Waals surface area contributed by atoms with E-state index in [-0.39, 0.29) is 11.8 Å². The Morgan fingerprint density at radius 2 is 1.44 bits per heavy atom. The largest absolute Gasteiger partial charge is 0.382 e. The predicted octanol–water partition coefficient (Wildman–Crippen LogP) is 2.93. The molecule has 14 heteroatoms. The maximum atomic E-state index is 12.0. The van der Waals surface area contributed by atoms with Crippen LogP contribution in [0.1, 0.15) is 43.9 Å². The third-order valence-corrected chi connectivity index (χ3v) is 8.42. The monoisotopic (exact) mass is 609 g/mol. The van der Waals surface area contributed by atoms with Crippen LogP contribution in [-0.4, -0.2) is 90.2 Å². The third kappa shape index (κ3) is 6.40. The standard InChI is InChI=1S/C16H19N7.C15H20N6O/c1-10-7-20-22-14(10)11-3-2-6-23(8-11)13-5-4-12-15(21-13)16(17)19-9-18-12;1-10(2)15(22)21-7-5-20(6-8-21)12-4-3-11-13(19-12)14(16)18-9-17-11/h4-5,7,9,11H,2-3,6,8H2,1H3,(H,20,22)(H2,17,18,19);3-4,9-10H,5-8H2,1-2H3,(H2,16,17,18). The molecule has 7 heterocycles. The van der Waals surface area contributed by atoms with Crippen LogP contribution in [0.25, 0.3) is 22.1 Å². The van der Waals surface area contributed by atoms with E-state index in [0.29, 0.717) is 28.6 Å². The Balaban J connectivity index is 0.000000159. The zero-order valence-corrected chi connectivity index (χ0v) is 25.9. The van der Waals surface area contributed by atoms with Gasteiger partial charge < -0.3 is 26.2 Å². The molecule has 7 rings (SSSR count). The number of aromatic amines is 1. The molecule has 0 aliphatic carbocycles. The van der Waals surface area contributed by atoms with Gasteiger partial charge in [0, 0.05) is 56.8 Å². The minimum atomic E-state index is 0.0438. The van der Waals surface area contributed by atoms with Gasteiger partial charge in [0.2, 0.25) is 5.91 Å². The highest BCUT2D eigenvalue weighted by atomic mass is 16.2. The molecule has 0 spiro atoms. The van der Waals surface area contributed by atoms with Gasteiger partial charge in [0.15, 0.2) is 11.6 Å². The van der Waals surface area contributed by atoms with E-state index in [1.54, 1.807) is 0 Å². The second-order valence-electron chi connectivity index (χ2n) is 11.8. The number of nitrogens with one attached hydrogen (secondary N) is 1. The lowest BCUT2D eigenvalue weighted by molar-refractivity contribution is -0.134. The first-order valence-electron chi connectivity index (χ1n) is 15.3. The topological polar surface area (TPSA) is 185 Å². The van der Waals surface area contributed by atoms with E-state index in [0.717, 1.165) is 68.4 Å². The number of hydrogen-bond acceptors (Lipinski definition) is 12. The number of anilines is 4. The molecule has 14 nitrogen and oxygen atoms in total. The Hall–Kier alpha value is -5.14. The Bertz CT molecular complexity index is 1800. The molecule has 2 fully saturated rings. The Labute approximate surface area is 261 Å². The molecule has 1 amide bonds.